The highest BCUT2D eigenvalue weighted by Gasteiger charge is 2.21. The molecule has 0 amide bonds. The number of nitrogens with zero attached hydrogens (tertiary/aromatic N) is 1. The van der Waals surface area contributed by atoms with Gasteiger partial charge in [0.15, 0.2) is 5.96 Å². The first-order chi connectivity index (χ1) is 8.01. The van der Waals surface area contributed by atoms with Gasteiger partial charge in [0, 0.05) is 25.9 Å². The molecular weight excluding hydrogens is 242 g/mol. The van der Waals surface area contributed by atoms with Crippen molar-refractivity contribution in [1.82, 2.24) is 10.6 Å². The number of hydrogen-bond acceptors (Lipinski definition) is 4. The minimum atomic E-state index is -2.92. The number of sulfone groups is 1. The van der Waals surface area contributed by atoms with Crippen LogP contribution in [0.5, 0.6) is 0 Å². The lowest BCUT2D eigenvalue weighted by Crippen LogP contribution is -2.40. The van der Waals surface area contributed by atoms with Crippen molar-refractivity contribution in [2.45, 2.75) is 18.9 Å². The van der Waals surface area contributed by atoms with Gasteiger partial charge in [0.05, 0.1) is 19.0 Å². The lowest BCUT2D eigenvalue weighted by atomic mass is 10.6. The van der Waals surface area contributed by atoms with E-state index >= 15 is 0 Å². The molecule has 7 heteroatoms. The van der Waals surface area contributed by atoms with Crippen LogP contribution in [0.4, 0.5) is 0 Å². The normalized spacial score (nSPS) is 16.9. The van der Waals surface area contributed by atoms with Crippen molar-refractivity contribution >= 4 is 15.8 Å². The maximum absolute atomic E-state index is 10.8. The summed E-state index contributed by atoms with van der Waals surface area (Å²) in [6.45, 7) is 1.34. The number of nitrogens with one attached hydrogen (secondary N) is 2. The van der Waals surface area contributed by atoms with E-state index < -0.39 is 9.84 Å². The Hall–Kier alpha value is -0.820. The molecule has 0 aliphatic heterocycles. The average Bonchev–Trinajstić information content (AvgIpc) is 3.03. The number of ether oxygens (including phenoxy) is 1. The Kier molecular flexibility index (Phi) is 5.70. The van der Waals surface area contributed by atoms with Crippen molar-refractivity contribution in [3.05, 3.63) is 0 Å². The number of guanidine groups is 1. The molecule has 6 nitrogen and oxygen atoms in total. The zero-order valence-corrected chi connectivity index (χ0v) is 11.2. The van der Waals surface area contributed by atoms with Crippen LogP contribution in [0.15, 0.2) is 4.99 Å². The van der Waals surface area contributed by atoms with Crippen molar-refractivity contribution in [2.75, 3.05) is 38.8 Å². The number of rotatable bonds is 7. The molecule has 1 saturated carbocycles. The standard InChI is InChI=1S/C10H21N3O3S/c1-11-10(13-9-3-4-9)12-5-6-16-7-8-17(2,14)15/h9H,3-8H2,1-2H3,(H2,11,12,13). The molecule has 1 aliphatic rings. The van der Waals surface area contributed by atoms with Crippen LogP contribution in [0.3, 0.4) is 0 Å². The fraction of sp³-hybridized carbons (Fsp3) is 0.900. The Morgan fingerprint density at radius 1 is 1.41 bits per heavy atom. The maximum Gasteiger partial charge on any atom is 0.191 e. The van der Waals surface area contributed by atoms with E-state index in [1.165, 1.54) is 19.1 Å². The summed E-state index contributed by atoms with van der Waals surface area (Å²) in [6.07, 6.45) is 3.60. The summed E-state index contributed by atoms with van der Waals surface area (Å²) in [5, 5.41) is 6.35. The van der Waals surface area contributed by atoms with Gasteiger partial charge in [-0.2, -0.15) is 0 Å². The lowest BCUT2D eigenvalue weighted by Gasteiger charge is -2.10. The Morgan fingerprint density at radius 2 is 2.12 bits per heavy atom. The van der Waals surface area contributed by atoms with Crippen LogP contribution in [0, 0.1) is 0 Å². The second kappa shape index (κ2) is 6.80. The average molecular weight is 263 g/mol. The second-order valence-corrected chi connectivity index (χ2v) is 6.42. The largest absolute Gasteiger partial charge is 0.379 e. The van der Waals surface area contributed by atoms with E-state index in [9.17, 15) is 8.42 Å². The summed E-state index contributed by atoms with van der Waals surface area (Å²) in [5.41, 5.74) is 0. The van der Waals surface area contributed by atoms with Gasteiger partial charge >= 0.3 is 0 Å². The summed E-state index contributed by atoms with van der Waals surface area (Å²) in [5.74, 6) is 0.849. The second-order valence-electron chi connectivity index (χ2n) is 4.16. The predicted octanol–water partition coefficient (Wildman–Crippen LogP) is -0.625. The molecule has 0 aromatic heterocycles. The molecule has 0 radical (unpaired) electrons. The topological polar surface area (TPSA) is 79.8 Å². The van der Waals surface area contributed by atoms with Gasteiger partial charge in [-0.15, -0.1) is 0 Å². The van der Waals surface area contributed by atoms with Crippen LogP contribution in [-0.4, -0.2) is 59.2 Å². The van der Waals surface area contributed by atoms with Gasteiger partial charge in [-0.1, -0.05) is 0 Å². The molecule has 0 bridgehead atoms. The third kappa shape index (κ3) is 7.98. The van der Waals surface area contributed by atoms with Crippen LogP contribution in [0.2, 0.25) is 0 Å². The Labute approximate surface area is 103 Å². The molecular formula is C10H21N3O3S. The molecule has 0 aromatic carbocycles. The van der Waals surface area contributed by atoms with E-state index in [2.05, 4.69) is 15.6 Å². The van der Waals surface area contributed by atoms with Gasteiger partial charge in [0.25, 0.3) is 0 Å². The lowest BCUT2D eigenvalue weighted by molar-refractivity contribution is 0.154. The van der Waals surface area contributed by atoms with E-state index in [1.807, 2.05) is 0 Å². The summed E-state index contributed by atoms with van der Waals surface area (Å²) in [6, 6.07) is 0.562. The van der Waals surface area contributed by atoms with E-state index in [1.54, 1.807) is 7.05 Å². The molecule has 0 unspecified atom stereocenters. The van der Waals surface area contributed by atoms with Crippen LogP contribution >= 0.6 is 0 Å². The Bertz CT molecular complexity index is 350. The van der Waals surface area contributed by atoms with Crippen molar-refractivity contribution in [1.29, 1.82) is 0 Å². The van der Waals surface area contributed by atoms with Crippen molar-refractivity contribution in [2.24, 2.45) is 4.99 Å². The fourth-order valence-corrected chi connectivity index (χ4v) is 1.59. The minimum Gasteiger partial charge on any atom is -0.379 e. The van der Waals surface area contributed by atoms with Crippen molar-refractivity contribution < 1.29 is 13.2 Å². The summed E-state index contributed by atoms with van der Waals surface area (Å²) in [4.78, 5) is 4.07. The minimum absolute atomic E-state index is 0.0715. The highest BCUT2D eigenvalue weighted by Crippen LogP contribution is 2.18. The van der Waals surface area contributed by atoms with E-state index in [4.69, 9.17) is 4.74 Å². The number of hydrogen-bond donors (Lipinski definition) is 2. The first-order valence-corrected chi connectivity index (χ1v) is 7.80. The molecule has 2 N–H and O–H groups in total. The van der Waals surface area contributed by atoms with Crippen LogP contribution in [0.1, 0.15) is 12.8 Å². The molecule has 0 heterocycles. The molecule has 17 heavy (non-hydrogen) atoms. The molecule has 1 aliphatic carbocycles. The fourth-order valence-electron chi connectivity index (χ4n) is 1.17. The van der Waals surface area contributed by atoms with Crippen LogP contribution < -0.4 is 10.6 Å². The van der Waals surface area contributed by atoms with Gasteiger partial charge in [0.1, 0.15) is 9.84 Å². The molecule has 0 atom stereocenters. The molecule has 1 rings (SSSR count). The molecule has 0 spiro atoms. The highest BCUT2D eigenvalue weighted by atomic mass is 32.2. The predicted molar refractivity (Wildman–Crippen MR) is 68.0 cm³/mol. The highest BCUT2D eigenvalue weighted by molar-refractivity contribution is 7.90. The quantitative estimate of drug-likeness (QED) is 0.363. The molecule has 0 saturated heterocycles. The van der Waals surface area contributed by atoms with E-state index in [-0.39, 0.29) is 12.4 Å². The third-order valence-electron chi connectivity index (χ3n) is 2.28. The van der Waals surface area contributed by atoms with Gasteiger partial charge in [-0.05, 0) is 12.8 Å². The summed E-state index contributed by atoms with van der Waals surface area (Å²) >= 11 is 0. The van der Waals surface area contributed by atoms with E-state index in [0.29, 0.717) is 19.2 Å². The SMILES string of the molecule is CN=C(NCCOCCS(C)(=O)=O)NC1CC1. The van der Waals surface area contributed by atoms with Crippen LogP contribution in [0.25, 0.3) is 0 Å². The van der Waals surface area contributed by atoms with Crippen molar-refractivity contribution in [3.63, 3.8) is 0 Å². The maximum atomic E-state index is 10.8. The van der Waals surface area contributed by atoms with Gasteiger partial charge in [0.2, 0.25) is 0 Å². The van der Waals surface area contributed by atoms with Crippen molar-refractivity contribution in [3.8, 4) is 0 Å². The smallest absolute Gasteiger partial charge is 0.191 e. The first kappa shape index (κ1) is 14.2. The third-order valence-corrected chi connectivity index (χ3v) is 3.19. The zero-order valence-electron chi connectivity index (χ0n) is 10.4. The van der Waals surface area contributed by atoms with E-state index in [0.717, 1.165) is 5.96 Å². The zero-order chi connectivity index (χ0) is 12.7. The number of aliphatic imine (C=N–C) groups is 1. The summed E-state index contributed by atoms with van der Waals surface area (Å²) in [7, 11) is -1.20. The molecule has 1 fully saturated rings. The first-order valence-electron chi connectivity index (χ1n) is 5.74. The monoisotopic (exact) mass is 263 g/mol. The molecule has 100 valence electrons. The van der Waals surface area contributed by atoms with Crippen LogP contribution in [-0.2, 0) is 14.6 Å². The van der Waals surface area contributed by atoms with Gasteiger partial charge in [-0.3, -0.25) is 4.99 Å². The van der Waals surface area contributed by atoms with Gasteiger partial charge < -0.3 is 15.4 Å². The molecule has 0 aromatic rings. The Morgan fingerprint density at radius 3 is 2.65 bits per heavy atom. The summed E-state index contributed by atoms with van der Waals surface area (Å²) < 4.78 is 26.8. The Balaban J connectivity index is 1.99. The van der Waals surface area contributed by atoms with Gasteiger partial charge in [-0.25, -0.2) is 8.42 Å².